The molecule has 0 aliphatic heterocycles. The van der Waals surface area contributed by atoms with E-state index in [0.29, 0.717) is 39.7 Å². The molecule has 1 aromatic carbocycles. The first-order valence-electron chi connectivity index (χ1n) is 11.7. The molecule has 1 amide bonds. The number of nitrogens with one attached hydrogen (secondary N) is 6. The number of rotatable bonds is 5. The van der Waals surface area contributed by atoms with Crippen molar-refractivity contribution in [1.29, 1.82) is 0 Å². The summed E-state index contributed by atoms with van der Waals surface area (Å²) in [5.74, 6) is 0.972. The van der Waals surface area contributed by atoms with E-state index < -0.39 is 0 Å². The molecule has 0 radical (unpaired) electrons. The number of hydrazine groups is 2. The van der Waals surface area contributed by atoms with E-state index in [-0.39, 0.29) is 5.91 Å². The lowest BCUT2D eigenvalue weighted by molar-refractivity contribution is 0.0943. The number of hydrogen-bond donors (Lipinski definition) is 6. The predicted octanol–water partition coefficient (Wildman–Crippen LogP) is 3.74. The average molecular weight is 477 g/mol. The summed E-state index contributed by atoms with van der Waals surface area (Å²) in [5.41, 5.74) is 12.9. The molecule has 2 aliphatic carbocycles. The summed E-state index contributed by atoms with van der Waals surface area (Å²) < 4.78 is 0. The molecule has 1 aromatic rings. The zero-order chi connectivity index (χ0) is 22.9. The van der Waals surface area contributed by atoms with E-state index in [4.69, 9.17) is 24.4 Å². The topological polar surface area (TPSA) is 89.2 Å². The zero-order valence-corrected chi connectivity index (χ0v) is 20.6. The minimum absolute atomic E-state index is 0.242. The third-order valence-corrected chi connectivity index (χ3v) is 7.05. The van der Waals surface area contributed by atoms with Gasteiger partial charge in [0, 0.05) is 17.6 Å². The molecule has 0 aromatic heterocycles. The Kier molecular flexibility index (Phi) is 9.35. The SMILES string of the molecule is CC1CCCCC1NC(=S)NNC(=O)c1ccc(NNC(=S)NC2CCCCC2C)cc1. The monoisotopic (exact) mass is 476 g/mol. The van der Waals surface area contributed by atoms with Gasteiger partial charge < -0.3 is 10.6 Å². The Bertz CT molecular complexity index is 787. The van der Waals surface area contributed by atoms with Crippen molar-refractivity contribution in [2.75, 3.05) is 5.43 Å². The van der Waals surface area contributed by atoms with E-state index in [9.17, 15) is 4.79 Å². The Morgan fingerprint density at radius 1 is 0.750 bits per heavy atom. The van der Waals surface area contributed by atoms with Crippen molar-refractivity contribution >= 4 is 46.3 Å². The van der Waals surface area contributed by atoms with Crippen LogP contribution in [-0.2, 0) is 0 Å². The molecule has 2 fully saturated rings. The van der Waals surface area contributed by atoms with Gasteiger partial charge in [0.2, 0.25) is 0 Å². The van der Waals surface area contributed by atoms with E-state index in [0.717, 1.165) is 18.5 Å². The van der Waals surface area contributed by atoms with Crippen LogP contribution in [0.2, 0.25) is 0 Å². The zero-order valence-electron chi connectivity index (χ0n) is 19.0. The van der Waals surface area contributed by atoms with Crippen molar-refractivity contribution in [2.45, 2.75) is 77.3 Å². The van der Waals surface area contributed by atoms with Crippen LogP contribution in [0.4, 0.5) is 5.69 Å². The van der Waals surface area contributed by atoms with Crippen LogP contribution < -0.4 is 32.3 Å². The summed E-state index contributed by atoms with van der Waals surface area (Å²) in [6.07, 6.45) is 9.75. The number of carbonyl (C=O) groups excluding carboxylic acids is 1. The fourth-order valence-electron chi connectivity index (χ4n) is 4.49. The van der Waals surface area contributed by atoms with E-state index in [1.54, 1.807) is 12.1 Å². The highest BCUT2D eigenvalue weighted by molar-refractivity contribution is 7.80. The molecular weight excluding hydrogens is 440 g/mol. The highest BCUT2D eigenvalue weighted by Gasteiger charge is 2.22. The molecule has 6 N–H and O–H groups in total. The van der Waals surface area contributed by atoms with Gasteiger partial charge in [-0.05, 0) is 86.2 Å². The van der Waals surface area contributed by atoms with E-state index in [1.165, 1.54) is 38.5 Å². The lowest BCUT2D eigenvalue weighted by Gasteiger charge is -2.30. The first-order chi connectivity index (χ1) is 15.4. The molecule has 0 saturated heterocycles. The molecule has 176 valence electrons. The Hall–Kier alpha value is -2.13. The second-order valence-corrected chi connectivity index (χ2v) is 9.91. The third kappa shape index (κ3) is 7.48. The first kappa shape index (κ1) is 24.5. The number of hydrogen-bond acceptors (Lipinski definition) is 4. The molecule has 9 heteroatoms. The van der Waals surface area contributed by atoms with Crippen LogP contribution in [0.1, 0.15) is 75.6 Å². The second kappa shape index (κ2) is 12.2. The number of amides is 1. The summed E-state index contributed by atoms with van der Waals surface area (Å²) in [6, 6.07) is 7.94. The normalized spacial score (nSPS) is 25.2. The maximum atomic E-state index is 12.4. The standard InChI is InChI=1S/C23H36N6OS2/c1-15-7-3-5-9-19(15)24-22(31)28-26-18-13-11-17(12-14-18)21(30)27-29-23(32)25-20-10-6-4-8-16(20)2/h11-16,19-20,26H,3-10H2,1-2H3,(H,27,30)(H2,24,28,31)(H2,25,29,32). The van der Waals surface area contributed by atoms with Gasteiger partial charge in [0.25, 0.3) is 5.91 Å². The summed E-state index contributed by atoms with van der Waals surface area (Å²) in [7, 11) is 0. The highest BCUT2D eigenvalue weighted by atomic mass is 32.1. The van der Waals surface area contributed by atoms with Crippen molar-refractivity contribution in [3.8, 4) is 0 Å². The van der Waals surface area contributed by atoms with Crippen LogP contribution in [0, 0.1) is 11.8 Å². The fourth-order valence-corrected chi connectivity index (χ4v) is 4.89. The summed E-state index contributed by atoms with van der Waals surface area (Å²) in [4.78, 5) is 12.4. The van der Waals surface area contributed by atoms with Gasteiger partial charge in [0.05, 0.1) is 5.69 Å². The molecule has 32 heavy (non-hydrogen) atoms. The van der Waals surface area contributed by atoms with Crippen molar-refractivity contribution in [3.63, 3.8) is 0 Å². The molecule has 2 saturated carbocycles. The molecule has 4 atom stereocenters. The Balaban J connectivity index is 1.38. The first-order valence-corrected chi connectivity index (χ1v) is 12.5. The number of thiocarbonyl (C=S) groups is 2. The molecule has 2 aliphatic rings. The summed E-state index contributed by atoms with van der Waals surface area (Å²) in [5, 5.41) is 7.75. The molecule has 3 rings (SSSR count). The quantitative estimate of drug-likeness (QED) is 0.283. The minimum Gasteiger partial charge on any atom is -0.358 e. The molecule has 0 heterocycles. The van der Waals surface area contributed by atoms with Crippen molar-refractivity contribution < 1.29 is 4.79 Å². The van der Waals surface area contributed by atoms with Gasteiger partial charge in [0.15, 0.2) is 10.2 Å². The maximum Gasteiger partial charge on any atom is 0.269 e. The molecular formula is C23H36N6OS2. The lowest BCUT2D eigenvalue weighted by atomic mass is 9.86. The van der Waals surface area contributed by atoms with Gasteiger partial charge >= 0.3 is 0 Å². The fraction of sp³-hybridized carbons (Fsp3) is 0.609. The Morgan fingerprint density at radius 3 is 1.78 bits per heavy atom. The van der Waals surface area contributed by atoms with Crippen LogP contribution in [-0.4, -0.2) is 28.2 Å². The Labute approximate surface area is 202 Å². The number of anilines is 1. The molecule has 0 spiro atoms. The van der Waals surface area contributed by atoms with Crippen molar-refractivity contribution in [1.82, 2.24) is 26.9 Å². The molecule has 0 bridgehead atoms. The van der Waals surface area contributed by atoms with Crippen molar-refractivity contribution in [3.05, 3.63) is 29.8 Å². The largest absolute Gasteiger partial charge is 0.358 e. The third-order valence-electron chi connectivity index (χ3n) is 6.61. The summed E-state index contributed by atoms with van der Waals surface area (Å²) >= 11 is 10.7. The minimum atomic E-state index is -0.242. The molecule has 7 nitrogen and oxygen atoms in total. The molecule has 4 unspecified atom stereocenters. The van der Waals surface area contributed by atoms with Gasteiger partial charge in [-0.3, -0.25) is 26.5 Å². The highest BCUT2D eigenvalue weighted by Crippen LogP contribution is 2.24. The average Bonchev–Trinajstić information content (AvgIpc) is 2.79. The number of carbonyl (C=O) groups is 1. The maximum absolute atomic E-state index is 12.4. The second-order valence-electron chi connectivity index (χ2n) is 9.09. The van der Waals surface area contributed by atoms with E-state index in [1.807, 2.05) is 12.1 Å². The van der Waals surface area contributed by atoms with E-state index in [2.05, 4.69) is 46.2 Å². The number of benzene rings is 1. The van der Waals surface area contributed by atoms with Crippen molar-refractivity contribution in [2.24, 2.45) is 11.8 Å². The van der Waals surface area contributed by atoms with Gasteiger partial charge in [-0.2, -0.15) is 0 Å². The van der Waals surface area contributed by atoms with E-state index >= 15 is 0 Å². The summed E-state index contributed by atoms with van der Waals surface area (Å²) in [6.45, 7) is 4.51. The van der Waals surface area contributed by atoms with Crippen LogP contribution in [0.3, 0.4) is 0 Å². The van der Waals surface area contributed by atoms with Crippen LogP contribution in [0.25, 0.3) is 0 Å². The lowest BCUT2D eigenvalue weighted by Crippen LogP contribution is -2.51. The van der Waals surface area contributed by atoms with Gasteiger partial charge in [0.1, 0.15) is 0 Å². The van der Waals surface area contributed by atoms with Gasteiger partial charge in [-0.15, -0.1) is 0 Å². The Morgan fingerprint density at radius 2 is 1.25 bits per heavy atom. The van der Waals surface area contributed by atoms with Gasteiger partial charge in [-0.1, -0.05) is 39.5 Å². The van der Waals surface area contributed by atoms with Gasteiger partial charge in [-0.25, -0.2) is 0 Å². The van der Waals surface area contributed by atoms with Crippen LogP contribution in [0.5, 0.6) is 0 Å². The smallest absolute Gasteiger partial charge is 0.269 e. The predicted molar refractivity (Wildman–Crippen MR) is 138 cm³/mol. The van der Waals surface area contributed by atoms with Crippen LogP contribution >= 0.6 is 24.4 Å². The van der Waals surface area contributed by atoms with Crippen LogP contribution in [0.15, 0.2) is 24.3 Å².